The predicted octanol–water partition coefficient (Wildman–Crippen LogP) is 1.15. The van der Waals surface area contributed by atoms with Crippen molar-refractivity contribution in [3.63, 3.8) is 0 Å². The number of halogens is 3. The van der Waals surface area contributed by atoms with Gasteiger partial charge in [-0.3, -0.25) is 4.79 Å². The molecule has 1 heterocycles. The highest BCUT2D eigenvalue weighted by molar-refractivity contribution is 6.73. The fourth-order valence-corrected chi connectivity index (χ4v) is 0.602. The molecule has 1 aromatic rings. The van der Waals surface area contributed by atoms with E-state index in [2.05, 4.69) is 4.42 Å². The second-order valence-corrected chi connectivity index (χ2v) is 1.98. The van der Waals surface area contributed by atoms with E-state index in [0.29, 0.717) is 12.3 Å². The molecule has 1 rings (SSSR count). The van der Waals surface area contributed by atoms with Crippen molar-refractivity contribution in [1.82, 2.24) is 0 Å². The first-order valence-electron chi connectivity index (χ1n) is 2.77. The van der Waals surface area contributed by atoms with Gasteiger partial charge in [-0.2, -0.15) is 0 Å². The Bertz CT molecular complexity index is 265. The third kappa shape index (κ3) is 1.63. The zero-order valence-electron chi connectivity index (χ0n) is 5.26. The van der Waals surface area contributed by atoms with E-state index in [9.17, 15) is 17.7 Å². The van der Waals surface area contributed by atoms with Crippen LogP contribution >= 0.6 is 0 Å². The molecule has 11 heavy (non-hydrogen) atoms. The van der Waals surface area contributed by atoms with Crippen molar-refractivity contribution >= 4 is 18.7 Å². The van der Waals surface area contributed by atoms with Crippen molar-refractivity contribution < 1.29 is 22.2 Å². The van der Waals surface area contributed by atoms with Crippen LogP contribution in [0.4, 0.5) is 12.9 Å². The van der Waals surface area contributed by atoms with Gasteiger partial charge in [0, 0.05) is 0 Å². The first kappa shape index (κ1) is 7.91. The number of hydrogen-bond acceptors (Lipinski definition) is 2. The summed E-state index contributed by atoms with van der Waals surface area (Å²) in [6.07, 6.45) is 0.759. The van der Waals surface area contributed by atoms with Crippen LogP contribution in [0.5, 0.6) is 0 Å². The lowest BCUT2D eigenvalue weighted by Crippen LogP contribution is -2.32. The molecule has 0 radical (unpaired) electrons. The molecule has 1 aromatic heterocycles. The number of rotatable bonds is 2. The lowest BCUT2D eigenvalue weighted by Gasteiger charge is -2.09. The van der Waals surface area contributed by atoms with Gasteiger partial charge >= 0.3 is 6.98 Å². The monoisotopic (exact) mass is 163 g/mol. The zero-order valence-corrected chi connectivity index (χ0v) is 5.26. The summed E-state index contributed by atoms with van der Waals surface area (Å²) in [7, 11) is 0. The molecule has 0 spiro atoms. The lowest BCUT2D eigenvalue weighted by atomic mass is 9.82. The van der Waals surface area contributed by atoms with Gasteiger partial charge in [-0.05, 0) is 6.07 Å². The number of aldehydes is 1. The van der Waals surface area contributed by atoms with Gasteiger partial charge in [-0.15, -0.1) is 0 Å². The maximum atomic E-state index is 11.8. The Balaban J connectivity index is 2.98. The Morgan fingerprint density at radius 2 is 2.09 bits per heavy atom. The fraction of sp³-hybridized carbons (Fsp3) is 0. The highest BCUT2D eigenvalue weighted by Gasteiger charge is 2.27. The molecule has 60 valence electrons. The normalized spacial score (nSPS) is 11.5. The first-order valence-corrected chi connectivity index (χ1v) is 2.77. The molecule has 0 aliphatic carbocycles. The van der Waals surface area contributed by atoms with E-state index in [-0.39, 0.29) is 12.0 Å². The minimum Gasteiger partial charge on any atom is -0.465 e. The van der Waals surface area contributed by atoms with E-state index in [1.54, 1.807) is 0 Å². The van der Waals surface area contributed by atoms with Gasteiger partial charge in [0.1, 0.15) is 0 Å². The summed E-state index contributed by atoms with van der Waals surface area (Å²) in [4.78, 5) is 9.89. The van der Waals surface area contributed by atoms with Gasteiger partial charge in [-0.1, -0.05) is 5.46 Å². The Morgan fingerprint density at radius 3 is 2.36 bits per heavy atom. The van der Waals surface area contributed by atoms with E-state index in [0.717, 1.165) is 0 Å². The summed E-state index contributed by atoms with van der Waals surface area (Å²) in [5.74, 6) is -0.306. The van der Waals surface area contributed by atoms with Gasteiger partial charge in [0.15, 0.2) is 12.0 Å². The molecular weight excluding hydrogens is 160 g/mol. The molecule has 0 saturated carbocycles. The Labute approximate surface area is 60.1 Å². The highest BCUT2D eigenvalue weighted by atomic mass is 19.4. The molecule has 0 atom stereocenters. The number of furan rings is 1. The molecule has 0 bridgehead atoms. The zero-order chi connectivity index (χ0) is 8.48. The van der Waals surface area contributed by atoms with Gasteiger partial charge in [0.05, 0.1) is 6.26 Å². The van der Waals surface area contributed by atoms with Gasteiger partial charge in [0.25, 0.3) is 0 Å². The summed E-state index contributed by atoms with van der Waals surface area (Å²) in [5, 5.41) is 0. The standard InChI is InChI=1S/C5H3BF3O2/c7-6(8,9)4-1-5(2-10)11-3-4/h1-3H/q-1. The molecule has 6 heteroatoms. The van der Waals surface area contributed by atoms with Crippen LogP contribution in [0.15, 0.2) is 16.7 Å². The molecule has 0 aromatic carbocycles. The summed E-state index contributed by atoms with van der Waals surface area (Å²) in [5.41, 5.74) is -0.882. The molecule has 0 aliphatic rings. The number of carbonyl (C=O) groups is 1. The lowest BCUT2D eigenvalue weighted by molar-refractivity contribution is 0.110. The molecule has 0 fully saturated rings. The van der Waals surface area contributed by atoms with Crippen LogP contribution in [0, 0.1) is 0 Å². The molecular formula is C5H3BF3O2-. The fourth-order valence-electron chi connectivity index (χ4n) is 0.602. The SMILES string of the molecule is O=Cc1cc([B-](F)(F)F)co1. The summed E-state index contributed by atoms with van der Waals surface area (Å²) >= 11 is 0. The van der Waals surface area contributed by atoms with Crippen LogP contribution in [0.3, 0.4) is 0 Å². The van der Waals surface area contributed by atoms with E-state index in [1.165, 1.54) is 0 Å². The van der Waals surface area contributed by atoms with Crippen molar-refractivity contribution in [3.8, 4) is 0 Å². The topological polar surface area (TPSA) is 30.2 Å². The summed E-state index contributed by atoms with van der Waals surface area (Å²) in [6, 6.07) is 0.674. The van der Waals surface area contributed by atoms with Crippen LogP contribution in [0.1, 0.15) is 10.6 Å². The van der Waals surface area contributed by atoms with E-state index >= 15 is 0 Å². The second kappa shape index (κ2) is 2.45. The summed E-state index contributed by atoms with van der Waals surface area (Å²) < 4.78 is 39.7. The van der Waals surface area contributed by atoms with E-state index < -0.39 is 12.4 Å². The average molecular weight is 163 g/mol. The minimum absolute atomic E-state index is 0.227. The van der Waals surface area contributed by atoms with Crippen molar-refractivity contribution in [2.75, 3.05) is 0 Å². The maximum absolute atomic E-state index is 11.8. The van der Waals surface area contributed by atoms with Gasteiger partial charge in [-0.25, -0.2) is 0 Å². The maximum Gasteiger partial charge on any atom is 0.512 e. The van der Waals surface area contributed by atoms with Crippen LogP contribution < -0.4 is 5.46 Å². The van der Waals surface area contributed by atoms with Crippen molar-refractivity contribution in [2.45, 2.75) is 0 Å². The highest BCUT2D eigenvalue weighted by Crippen LogP contribution is 2.10. The number of carbonyl (C=O) groups excluding carboxylic acids is 1. The molecule has 0 amide bonds. The third-order valence-corrected chi connectivity index (χ3v) is 1.13. The molecule has 0 N–H and O–H groups in total. The minimum atomic E-state index is -5.04. The van der Waals surface area contributed by atoms with E-state index in [4.69, 9.17) is 0 Å². The predicted molar refractivity (Wildman–Crippen MR) is 32.8 cm³/mol. The first-order chi connectivity index (χ1) is 5.04. The van der Waals surface area contributed by atoms with Crippen molar-refractivity contribution in [1.29, 1.82) is 0 Å². The van der Waals surface area contributed by atoms with E-state index in [1.807, 2.05) is 0 Å². The molecule has 2 nitrogen and oxygen atoms in total. The van der Waals surface area contributed by atoms with Crippen molar-refractivity contribution in [2.24, 2.45) is 0 Å². The second-order valence-electron chi connectivity index (χ2n) is 1.98. The van der Waals surface area contributed by atoms with Crippen LogP contribution in [0.25, 0.3) is 0 Å². The van der Waals surface area contributed by atoms with Gasteiger partial charge < -0.3 is 17.4 Å². The number of hydrogen-bond donors (Lipinski definition) is 0. The smallest absolute Gasteiger partial charge is 0.465 e. The summed E-state index contributed by atoms with van der Waals surface area (Å²) in [6.45, 7) is -5.04. The third-order valence-electron chi connectivity index (χ3n) is 1.13. The average Bonchev–Trinajstić information content (AvgIpc) is 2.32. The Morgan fingerprint density at radius 1 is 1.45 bits per heavy atom. The Kier molecular flexibility index (Phi) is 1.76. The largest absolute Gasteiger partial charge is 0.512 e. The molecule has 0 aliphatic heterocycles. The van der Waals surface area contributed by atoms with Crippen LogP contribution in [-0.4, -0.2) is 13.3 Å². The van der Waals surface area contributed by atoms with Crippen LogP contribution in [0.2, 0.25) is 0 Å². The van der Waals surface area contributed by atoms with Gasteiger partial charge in [0.2, 0.25) is 0 Å². The molecule has 0 unspecified atom stereocenters. The van der Waals surface area contributed by atoms with Crippen LogP contribution in [-0.2, 0) is 0 Å². The molecule has 0 saturated heterocycles. The van der Waals surface area contributed by atoms with Crippen molar-refractivity contribution in [3.05, 3.63) is 18.1 Å². The quantitative estimate of drug-likeness (QED) is 0.483. The Hall–Kier alpha value is -1.20.